The number of ketones is 2. The number of hydrogen-bond acceptors (Lipinski definition) is 7. The summed E-state index contributed by atoms with van der Waals surface area (Å²) in [7, 11) is 3.25. The van der Waals surface area contributed by atoms with Gasteiger partial charge in [-0.1, -0.05) is 13.0 Å². The monoisotopic (exact) mass is 471 g/mol. The number of benzene rings is 1. The quantitative estimate of drug-likeness (QED) is 0.490. The molecule has 4 rings (SSSR count). The molecule has 2 aliphatic carbocycles. The number of hydrogen-bond donors (Lipinski definition) is 1. The average Bonchev–Trinajstić information content (AvgIpc) is 3.70. The molecule has 0 amide bonds. The van der Waals surface area contributed by atoms with E-state index in [1.165, 1.54) is 5.56 Å². The summed E-state index contributed by atoms with van der Waals surface area (Å²) in [6.07, 6.45) is 3.03. The fourth-order valence-electron chi connectivity index (χ4n) is 4.96. The number of ether oxygens (including phenoxy) is 3. The third-order valence-corrected chi connectivity index (χ3v) is 7.35. The fraction of sp³-hybridized carbons (Fsp3) is 0.593. The molecule has 0 aromatic heterocycles. The molecule has 186 valence electrons. The van der Waals surface area contributed by atoms with E-state index in [4.69, 9.17) is 15.2 Å². The van der Waals surface area contributed by atoms with E-state index in [9.17, 15) is 14.4 Å². The molecule has 2 atom stereocenters. The van der Waals surface area contributed by atoms with Crippen LogP contribution < -0.4 is 10.5 Å². The van der Waals surface area contributed by atoms with Crippen molar-refractivity contribution in [3.05, 3.63) is 39.7 Å². The maximum atomic E-state index is 13.3. The zero-order valence-corrected chi connectivity index (χ0v) is 21.4. The van der Waals surface area contributed by atoms with Crippen molar-refractivity contribution in [2.24, 2.45) is 17.1 Å². The third kappa shape index (κ3) is 4.68. The van der Waals surface area contributed by atoms with Crippen LogP contribution in [-0.2, 0) is 19.1 Å². The number of esters is 1. The van der Waals surface area contributed by atoms with Crippen molar-refractivity contribution in [1.29, 1.82) is 0 Å². The van der Waals surface area contributed by atoms with Gasteiger partial charge in [0.1, 0.15) is 11.3 Å². The number of allylic oxidation sites excluding steroid dienone is 1. The van der Waals surface area contributed by atoms with Crippen molar-refractivity contribution < 1.29 is 28.6 Å². The number of carbonyl (C=O) groups is 3. The Kier molecular flexibility index (Phi) is 7.68. The predicted molar refractivity (Wildman–Crippen MR) is 129 cm³/mol. The highest BCUT2D eigenvalue weighted by molar-refractivity contribution is 6.03. The van der Waals surface area contributed by atoms with Crippen LogP contribution in [0.5, 0.6) is 5.75 Å². The Morgan fingerprint density at radius 3 is 2.32 bits per heavy atom. The zero-order valence-electron chi connectivity index (χ0n) is 21.4. The van der Waals surface area contributed by atoms with Crippen LogP contribution in [-0.4, -0.2) is 44.4 Å². The molecule has 1 heterocycles. The van der Waals surface area contributed by atoms with Gasteiger partial charge in [0.15, 0.2) is 23.4 Å². The number of carbonyl (C=O) groups excluding carboxylic acids is 3. The summed E-state index contributed by atoms with van der Waals surface area (Å²) in [6.45, 7) is 9.01. The van der Waals surface area contributed by atoms with Crippen molar-refractivity contribution in [2.45, 2.75) is 72.3 Å². The van der Waals surface area contributed by atoms with E-state index >= 15 is 0 Å². The lowest BCUT2D eigenvalue weighted by molar-refractivity contribution is -0.130. The number of Topliss-reactive ketones (excluding diaryl/α,β-unsaturated/α-hetero) is 2. The Balaban J connectivity index is 0.00000103. The number of cyclic esters (lactones) is 1. The number of rotatable bonds is 6. The summed E-state index contributed by atoms with van der Waals surface area (Å²) in [6, 6.07) is 2.06. The first-order valence-corrected chi connectivity index (χ1v) is 11.9. The molecule has 7 nitrogen and oxygen atoms in total. The van der Waals surface area contributed by atoms with E-state index in [1.807, 2.05) is 13.8 Å². The molecule has 2 N–H and O–H groups in total. The highest BCUT2D eigenvalue weighted by Gasteiger charge is 2.55. The van der Waals surface area contributed by atoms with Gasteiger partial charge in [0.2, 0.25) is 0 Å². The molecular formula is C27H37NO6. The van der Waals surface area contributed by atoms with Crippen LogP contribution in [0.15, 0.2) is 17.4 Å². The molecule has 1 aromatic carbocycles. The van der Waals surface area contributed by atoms with Crippen LogP contribution in [0, 0.1) is 25.2 Å². The largest absolute Gasteiger partial charge is 0.482 e. The van der Waals surface area contributed by atoms with Crippen molar-refractivity contribution in [1.82, 2.24) is 0 Å². The smallest absolute Gasteiger partial charge is 0.347 e. The summed E-state index contributed by atoms with van der Waals surface area (Å²) in [5.41, 5.74) is 8.66. The maximum Gasteiger partial charge on any atom is 0.347 e. The molecule has 0 saturated heterocycles. The Morgan fingerprint density at radius 2 is 1.82 bits per heavy atom. The van der Waals surface area contributed by atoms with Gasteiger partial charge in [0.05, 0.1) is 6.54 Å². The van der Waals surface area contributed by atoms with Crippen LogP contribution in [0.25, 0.3) is 0 Å². The second-order valence-corrected chi connectivity index (χ2v) is 9.80. The lowest BCUT2D eigenvalue weighted by Crippen LogP contribution is -2.35. The molecule has 0 radical (unpaired) electrons. The Morgan fingerprint density at radius 1 is 1.24 bits per heavy atom. The van der Waals surface area contributed by atoms with Gasteiger partial charge in [0.25, 0.3) is 0 Å². The Bertz CT molecular complexity index is 1030. The van der Waals surface area contributed by atoms with Crippen LogP contribution >= 0.6 is 0 Å². The summed E-state index contributed by atoms with van der Waals surface area (Å²) in [4.78, 5) is 38.7. The highest BCUT2D eigenvalue weighted by atomic mass is 16.6. The van der Waals surface area contributed by atoms with E-state index < -0.39 is 23.4 Å². The molecule has 7 heteroatoms. The molecule has 0 bridgehead atoms. The minimum absolute atomic E-state index is 0.0705. The first kappa shape index (κ1) is 26.1. The summed E-state index contributed by atoms with van der Waals surface area (Å²) >= 11 is 0. The number of fused-ring (bicyclic) bond motifs is 1. The minimum Gasteiger partial charge on any atom is -0.482 e. The topological polar surface area (TPSA) is 105 Å². The Labute approximate surface area is 202 Å². The van der Waals surface area contributed by atoms with Gasteiger partial charge >= 0.3 is 5.97 Å². The van der Waals surface area contributed by atoms with Crippen LogP contribution in [0.3, 0.4) is 0 Å². The summed E-state index contributed by atoms with van der Waals surface area (Å²) < 4.78 is 16.2. The molecule has 2 unspecified atom stereocenters. The van der Waals surface area contributed by atoms with E-state index in [0.29, 0.717) is 35.6 Å². The van der Waals surface area contributed by atoms with Crippen molar-refractivity contribution in [2.75, 3.05) is 20.8 Å². The minimum atomic E-state index is -0.679. The molecule has 2 fully saturated rings. The molecule has 34 heavy (non-hydrogen) atoms. The van der Waals surface area contributed by atoms with E-state index in [0.717, 1.165) is 24.0 Å². The van der Waals surface area contributed by atoms with Crippen LogP contribution in [0.2, 0.25) is 0 Å². The van der Waals surface area contributed by atoms with E-state index in [1.54, 1.807) is 35.0 Å². The van der Waals surface area contributed by atoms with Crippen molar-refractivity contribution in [3.8, 4) is 5.75 Å². The van der Waals surface area contributed by atoms with Gasteiger partial charge in [-0.15, -0.1) is 0 Å². The molecule has 3 aliphatic rings. The molecule has 1 aliphatic heterocycles. The number of aryl methyl sites for hydroxylation is 1. The molecular weight excluding hydrogens is 434 g/mol. The molecule has 0 spiro atoms. The first-order chi connectivity index (χ1) is 16.0. The fourth-order valence-corrected chi connectivity index (χ4v) is 4.96. The Hall–Kier alpha value is -2.51. The number of methoxy groups -OCH3 is 1. The van der Waals surface area contributed by atoms with Crippen LogP contribution in [0.1, 0.15) is 79.4 Å². The van der Waals surface area contributed by atoms with Gasteiger partial charge < -0.3 is 19.9 Å². The molecule has 2 saturated carbocycles. The summed E-state index contributed by atoms with van der Waals surface area (Å²) in [5, 5.41) is 0. The maximum absolute atomic E-state index is 13.3. The van der Waals surface area contributed by atoms with Crippen molar-refractivity contribution >= 4 is 17.5 Å². The highest BCUT2D eigenvalue weighted by Crippen LogP contribution is 2.53. The SMILES string of the molecule is C/C(C(=O)C(C)C1(C(=O)CN)CC1)=C1\OC(=O)c2c(C)cc(C3CC3)c(C)c2OC1C.COC. The standard InChI is InChI=1S/C25H31NO5.C2H6O/c1-12-10-18(17-6-7-17)13(2)23-20(12)24(29)31-22(16(5)30-23)14(3)21(28)15(4)25(8-9-25)19(27)11-26;1-3-2/h10,15-17H,6-9,11,26H2,1-5H3;1-2H3/b22-14+;. The second kappa shape index (κ2) is 10.0. The second-order valence-electron chi connectivity index (χ2n) is 9.80. The van der Waals surface area contributed by atoms with Gasteiger partial charge in [-0.2, -0.15) is 0 Å². The lowest BCUT2D eigenvalue weighted by Gasteiger charge is -2.23. The third-order valence-electron chi connectivity index (χ3n) is 7.35. The average molecular weight is 472 g/mol. The first-order valence-electron chi connectivity index (χ1n) is 11.9. The van der Waals surface area contributed by atoms with Crippen molar-refractivity contribution in [3.63, 3.8) is 0 Å². The van der Waals surface area contributed by atoms with Gasteiger partial charge in [-0.3, -0.25) is 9.59 Å². The van der Waals surface area contributed by atoms with Crippen LogP contribution in [0.4, 0.5) is 0 Å². The van der Waals surface area contributed by atoms with Gasteiger partial charge in [0, 0.05) is 31.1 Å². The normalized spacial score (nSPS) is 22.7. The predicted octanol–water partition coefficient (Wildman–Crippen LogP) is 4.17. The van der Waals surface area contributed by atoms with Gasteiger partial charge in [-0.25, -0.2) is 4.79 Å². The number of nitrogens with two attached hydrogens (primary N) is 1. The zero-order chi connectivity index (χ0) is 25.4. The summed E-state index contributed by atoms with van der Waals surface area (Å²) in [5.74, 6) is 0.000592. The molecule has 1 aromatic rings. The van der Waals surface area contributed by atoms with E-state index in [-0.39, 0.29) is 23.9 Å². The van der Waals surface area contributed by atoms with E-state index in [2.05, 4.69) is 10.8 Å². The lowest BCUT2D eigenvalue weighted by atomic mass is 9.81. The van der Waals surface area contributed by atoms with Gasteiger partial charge in [-0.05, 0) is 76.0 Å².